The number of carbonyl (C=O) groups excluding carboxylic acids is 1. The number of hydrogen-bond acceptors (Lipinski definition) is 3. The highest BCUT2D eigenvalue weighted by Gasteiger charge is 2.41. The molecule has 4 atom stereocenters. The number of benzene rings is 1. The van der Waals surface area contributed by atoms with Gasteiger partial charge in [0.2, 0.25) is 15.9 Å². The van der Waals surface area contributed by atoms with Gasteiger partial charge in [-0.2, -0.15) is 0 Å². The Morgan fingerprint density at radius 1 is 1.15 bits per heavy atom. The Morgan fingerprint density at radius 3 is 2.59 bits per heavy atom. The molecule has 0 radical (unpaired) electrons. The number of amides is 1. The van der Waals surface area contributed by atoms with Crippen LogP contribution in [0.25, 0.3) is 0 Å². The predicted molar refractivity (Wildman–Crippen MR) is 106 cm³/mol. The van der Waals surface area contributed by atoms with Crippen LogP contribution in [-0.4, -0.2) is 37.8 Å². The standard InChI is InChI=1S/C20H27ClN2O3S/c21-18-7-4-14(5-8-18)13-27(25,26)23-9-1-2-17(12-23)20(24)22-19-11-15-3-6-16(19)10-15/h4-5,7-8,15-17,19H,1-3,6,9-13H2,(H,22,24). The minimum absolute atomic E-state index is 0.0407. The number of piperidine rings is 1. The summed E-state index contributed by atoms with van der Waals surface area (Å²) in [5.74, 6) is 1.16. The smallest absolute Gasteiger partial charge is 0.224 e. The van der Waals surface area contributed by atoms with Crippen LogP contribution in [0.3, 0.4) is 0 Å². The summed E-state index contributed by atoms with van der Waals surface area (Å²) in [6.07, 6.45) is 6.37. The normalized spacial score (nSPS) is 31.1. The lowest BCUT2D eigenvalue weighted by molar-refractivity contribution is -0.127. The lowest BCUT2D eigenvalue weighted by Crippen LogP contribution is -2.48. The molecule has 1 heterocycles. The van der Waals surface area contributed by atoms with E-state index in [9.17, 15) is 13.2 Å². The Bertz CT molecular complexity index is 796. The van der Waals surface area contributed by atoms with Crippen molar-refractivity contribution in [2.45, 2.75) is 50.3 Å². The second-order valence-electron chi connectivity index (χ2n) is 8.37. The minimum atomic E-state index is -3.44. The summed E-state index contributed by atoms with van der Waals surface area (Å²) in [6, 6.07) is 7.19. The Balaban J connectivity index is 1.36. The highest BCUT2D eigenvalue weighted by molar-refractivity contribution is 7.88. The first kappa shape index (κ1) is 19.2. The fraction of sp³-hybridized carbons (Fsp3) is 0.650. The van der Waals surface area contributed by atoms with Gasteiger partial charge >= 0.3 is 0 Å². The Morgan fingerprint density at radius 2 is 1.93 bits per heavy atom. The molecule has 1 N–H and O–H groups in total. The van der Waals surface area contributed by atoms with Crippen molar-refractivity contribution in [3.05, 3.63) is 34.9 Å². The zero-order chi connectivity index (χ0) is 19.0. The molecule has 4 rings (SSSR count). The molecule has 1 saturated heterocycles. The van der Waals surface area contributed by atoms with Gasteiger partial charge in [0.25, 0.3) is 0 Å². The topological polar surface area (TPSA) is 66.5 Å². The molecule has 0 spiro atoms. The van der Waals surface area contributed by atoms with Gasteiger partial charge in [0.1, 0.15) is 0 Å². The zero-order valence-electron chi connectivity index (χ0n) is 15.4. The predicted octanol–water partition coefficient (Wildman–Crippen LogP) is 3.19. The second kappa shape index (κ2) is 7.72. The Hall–Kier alpha value is -1.11. The van der Waals surface area contributed by atoms with Crippen LogP contribution in [-0.2, 0) is 20.6 Å². The third kappa shape index (κ3) is 4.33. The summed E-state index contributed by atoms with van der Waals surface area (Å²) < 4.78 is 27.1. The maximum atomic E-state index is 12.8. The van der Waals surface area contributed by atoms with Crippen LogP contribution in [0.4, 0.5) is 0 Å². The number of nitrogens with zero attached hydrogens (tertiary/aromatic N) is 1. The summed E-state index contributed by atoms with van der Waals surface area (Å²) in [5.41, 5.74) is 0.716. The SMILES string of the molecule is O=C(NC1CC2CCC1C2)C1CCCN(S(=O)(=O)Cc2ccc(Cl)cc2)C1. The molecule has 1 aromatic carbocycles. The van der Waals surface area contributed by atoms with Crippen LogP contribution in [0.5, 0.6) is 0 Å². The molecule has 2 aliphatic carbocycles. The average Bonchev–Trinajstić information content (AvgIpc) is 3.27. The second-order valence-corrected chi connectivity index (χ2v) is 10.8. The molecule has 2 saturated carbocycles. The van der Waals surface area contributed by atoms with E-state index >= 15 is 0 Å². The molecule has 0 aromatic heterocycles. The molecule has 4 unspecified atom stereocenters. The molecule has 1 aliphatic heterocycles. The largest absolute Gasteiger partial charge is 0.353 e. The minimum Gasteiger partial charge on any atom is -0.353 e. The maximum Gasteiger partial charge on any atom is 0.224 e. The van der Waals surface area contributed by atoms with Crippen molar-refractivity contribution in [2.24, 2.45) is 17.8 Å². The lowest BCUT2D eigenvalue weighted by atomic mass is 9.93. The van der Waals surface area contributed by atoms with Crippen molar-refractivity contribution in [1.29, 1.82) is 0 Å². The van der Waals surface area contributed by atoms with Gasteiger partial charge in [-0.3, -0.25) is 4.79 Å². The van der Waals surface area contributed by atoms with Gasteiger partial charge in [-0.1, -0.05) is 30.2 Å². The van der Waals surface area contributed by atoms with Crippen molar-refractivity contribution in [2.75, 3.05) is 13.1 Å². The van der Waals surface area contributed by atoms with Gasteiger partial charge in [-0.25, -0.2) is 12.7 Å². The van der Waals surface area contributed by atoms with Crippen LogP contribution in [0.2, 0.25) is 5.02 Å². The van der Waals surface area contributed by atoms with E-state index in [-0.39, 0.29) is 17.6 Å². The van der Waals surface area contributed by atoms with Crippen LogP contribution in [0.1, 0.15) is 44.1 Å². The van der Waals surface area contributed by atoms with E-state index in [4.69, 9.17) is 11.6 Å². The van der Waals surface area contributed by atoms with Gasteiger partial charge in [-0.15, -0.1) is 0 Å². The summed E-state index contributed by atoms with van der Waals surface area (Å²) in [5, 5.41) is 3.82. The molecule has 2 bridgehead atoms. The number of fused-ring (bicyclic) bond motifs is 2. The molecule has 3 aliphatic rings. The van der Waals surface area contributed by atoms with E-state index in [1.807, 2.05) is 0 Å². The van der Waals surface area contributed by atoms with Crippen molar-refractivity contribution in [3.8, 4) is 0 Å². The van der Waals surface area contributed by atoms with E-state index in [1.165, 1.54) is 23.6 Å². The molecule has 1 amide bonds. The van der Waals surface area contributed by atoms with Crippen LogP contribution >= 0.6 is 11.6 Å². The first-order valence-corrected chi connectivity index (χ1v) is 11.9. The van der Waals surface area contributed by atoms with Crippen molar-refractivity contribution in [3.63, 3.8) is 0 Å². The first-order valence-electron chi connectivity index (χ1n) is 9.93. The highest BCUT2D eigenvalue weighted by atomic mass is 35.5. The molecule has 148 valence electrons. The van der Waals surface area contributed by atoms with Crippen LogP contribution in [0.15, 0.2) is 24.3 Å². The monoisotopic (exact) mass is 410 g/mol. The number of nitrogens with one attached hydrogen (secondary N) is 1. The zero-order valence-corrected chi connectivity index (χ0v) is 17.0. The summed E-state index contributed by atoms with van der Waals surface area (Å²) in [4.78, 5) is 12.8. The Kier molecular flexibility index (Phi) is 5.50. The fourth-order valence-corrected chi connectivity index (χ4v) is 6.75. The molecule has 5 nitrogen and oxygen atoms in total. The van der Waals surface area contributed by atoms with Crippen molar-refractivity contribution >= 4 is 27.5 Å². The van der Waals surface area contributed by atoms with Crippen molar-refractivity contribution in [1.82, 2.24) is 9.62 Å². The first-order chi connectivity index (χ1) is 12.9. The van der Waals surface area contributed by atoms with Crippen molar-refractivity contribution < 1.29 is 13.2 Å². The van der Waals surface area contributed by atoms with Gasteiger partial charge in [-0.05, 0) is 61.6 Å². The van der Waals surface area contributed by atoms with Gasteiger partial charge in [0.15, 0.2) is 0 Å². The highest BCUT2D eigenvalue weighted by Crippen LogP contribution is 2.44. The summed E-state index contributed by atoms with van der Waals surface area (Å²) in [6.45, 7) is 0.788. The Labute approximate surface area is 166 Å². The van der Waals surface area contributed by atoms with E-state index in [2.05, 4.69) is 5.32 Å². The van der Waals surface area contributed by atoms with Gasteiger partial charge in [0, 0.05) is 24.2 Å². The number of carbonyl (C=O) groups is 1. The van der Waals surface area contributed by atoms with Gasteiger partial charge in [0.05, 0.1) is 11.7 Å². The maximum absolute atomic E-state index is 12.8. The fourth-order valence-electron chi connectivity index (χ4n) is 5.01. The summed E-state index contributed by atoms with van der Waals surface area (Å²) in [7, 11) is -3.44. The third-order valence-electron chi connectivity index (χ3n) is 6.48. The number of sulfonamides is 1. The molecule has 27 heavy (non-hydrogen) atoms. The average molecular weight is 411 g/mol. The van der Waals surface area contributed by atoms with E-state index in [0.29, 0.717) is 35.6 Å². The van der Waals surface area contributed by atoms with E-state index < -0.39 is 10.0 Å². The molecule has 1 aromatic rings. The molecule has 7 heteroatoms. The van der Waals surface area contributed by atoms with Crippen LogP contribution in [0, 0.1) is 17.8 Å². The lowest BCUT2D eigenvalue weighted by Gasteiger charge is -2.33. The molecular formula is C20H27ClN2O3S. The quantitative estimate of drug-likeness (QED) is 0.810. The van der Waals surface area contributed by atoms with Gasteiger partial charge < -0.3 is 5.32 Å². The van der Waals surface area contributed by atoms with E-state index in [0.717, 1.165) is 25.2 Å². The molecule has 3 fully saturated rings. The van der Waals surface area contributed by atoms with Crippen LogP contribution < -0.4 is 5.32 Å². The molecular weight excluding hydrogens is 384 g/mol. The summed E-state index contributed by atoms with van der Waals surface area (Å²) >= 11 is 5.87. The van der Waals surface area contributed by atoms with E-state index in [1.54, 1.807) is 24.3 Å². The number of halogens is 1. The third-order valence-corrected chi connectivity index (χ3v) is 8.54. The number of rotatable bonds is 5. The number of hydrogen-bond donors (Lipinski definition) is 1.